The third-order valence-corrected chi connectivity index (χ3v) is 2.47. The second kappa shape index (κ2) is 2.98. The lowest BCUT2D eigenvalue weighted by atomic mass is 10.1. The normalized spacial score (nSPS) is 18.5. The summed E-state index contributed by atoms with van der Waals surface area (Å²) in [5, 5.41) is 6.19. The van der Waals surface area contributed by atoms with Gasteiger partial charge in [0, 0.05) is 6.42 Å². The zero-order valence-corrected chi connectivity index (χ0v) is 7.86. The van der Waals surface area contributed by atoms with Crippen LogP contribution in [0, 0.1) is 0 Å². The number of aromatic nitrogens is 3. The van der Waals surface area contributed by atoms with E-state index in [1.807, 2.05) is 24.3 Å². The number of hydrogen-bond acceptors (Lipinski definition) is 3. The van der Waals surface area contributed by atoms with E-state index in [1.165, 1.54) is 0 Å². The highest BCUT2D eigenvalue weighted by atomic mass is 16.5. The molecule has 5 heteroatoms. The van der Waals surface area contributed by atoms with Gasteiger partial charge in [0.1, 0.15) is 5.75 Å². The quantitative estimate of drug-likeness (QED) is 0.719. The number of fused-ring (bicyclic) bond motifs is 1. The second-order valence-electron chi connectivity index (χ2n) is 3.48. The van der Waals surface area contributed by atoms with E-state index in [0.717, 1.165) is 17.7 Å². The summed E-state index contributed by atoms with van der Waals surface area (Å²) in [5.74, 6) is 1.42. The largest absolute Gasteiger partial charge is 0.482 e. The van der Waals surface area contributed by atoms with Gasteiger partial charge in [0.05, 0.1) is 0 Å². The molecule has 2 heterocycles. The monoisotopic (exact) mass is 203 g/mol. The van der Waals surface area contributed by atoms with Crippen LogP contribution in [-0.4, -0.2) is 15.2 Å². The molecular formula is C10H9N3O2. The van der Waals surface area contributed by atoms with Crippen LogP contribution >= 0.6 is 0 Å². The third kappa shape index (κ3) is 1.32. The van der Waals surface area contributed by atoms with Crippen molar-refractivity contribution in [2.45, 2.75) is 12.5 Å². The van der Waals surface area contributed by atoms with E-state index < -0.39 is 0 Å². The maximum atomic E-state index is 10.9. The van der Waals surface area contributed by atoms with Gasteiger partial charge >= 0.3 is 5.69 Å². The lowest BCUT2D eigenvalue weighted by Crippen LogP contribution is -2.07. The van der Waals surface area contributed by atoms with E-state index in [4.69, 9.17) is 4.74 Å². The van der Waals surface area contributed by atoms with Gasteiger partial charge < -0.3 is 4.74 Å². The van der Waals surface area contributed by atoms with Crippen LogP contribution in [0.2, 0.25) is 0 Å². The first kappa shape index (κ1) is 8.28. The Balaban J connectivity index is 1.93. The molecule has 0 saturated carbocycles. The van der Waals surface area contributed by atoms with Crippen LogP contribution in [0.25, 0.3) is 0 Å². The molecule has 0 saturated heterocycles. The Morgan fingerprint density at radius 1 is 1.40 bits per heavy atom. The second-order valence-corrected chi connectivity index (χ2v) is 3.48. The smallest absolute Gasteiger partial charge is 0.340 e. The maximum Gasteiger partial charge on any atom is 0.340 e. The van der Waals surface area contributed by atoms with Gasteiger partial charge in [-0.3, -0.25) is 4.98 Å². The summed E-state index contributed by atoms with van der Waals surface area (Å²) < 4.78 is 5.65. The van der Waals surface area contributed by atoms with Crippen LogP contribution in [0.5, 0.6) is 5.75 Å². The highest BCUT2D eigenvalue weighted by molar-refractivity contribution is 5.37. The third-order valence-electron chi connectivity index (χ3n) is 2.47. The molecule has 0 aliphatic carbocycles. The summed E-state index contributed by atoms with van der Waals surface area (Å²) in [7, 11) is 0. The zero-order chi connectivity index (χ0) is 10.3. The fraction of sp³-hybridized carbons (Fsp3) is 0.200. The highest BCUT2D eigenvalue weighted by Gasteiger charge is 2.26. The molecule has 1 atom stereocenters. The first-order chi connectivity index (χ1) is 7.33. The molecule has 1 unspecified atom stereocenters. The molecule has 5 nitrogen and oxygen atoms in total. The van der Waals surface area contributed by atoms with Gasteiger partial charge in [-0.25, -0.2) is 9.89 Å². The number of benzene rings is 1. The van der Waals surface area contributed by atoms with E-state index in [2.05, 4.69) is 15.2 Å². The number of para-hydroxylation sites is 1. The van der Waals surface area contributed by atoms with Crippen LogP contribution in [0.15, 0.2) is 29.1 Å². The van der Waals surface area contributed by atoms with Crippen LogP contribution < -0.4 is 10.4 Å². The predicted octanol–water partition coefficient (Wildman–Crippen LogP) is 0.774. The predicted molar refractivity (Wildman–Crippen MR) is 52.7 cm³/mol. The van der Waals surface area contributed by atoms with Crippen molar-refractivity contribution in [2.75, 3.05) is 0 Å². The Morgan fingerprint density at radius 3 is 3.00 bits per heavy atom. The van der Waals surface area contributed by atoms with Gasteiger partial charge in [-0.15, -0.1) is 0 Å². The van der Waals surface area contributed by atoms with Gasteiger partial charge in [-0.05, 0) is 11.6 Å². The van der Waals surface area contributed by atoms with Crippen LogP contribution in [-0.2, 0) is 6.42 Å². The molecule has 2 N–H and O–H groups in total. The topological polar surface area (TPSA) is 70.8 Å². The molecule has 1 aliphatic heterocycles. The molecule has 1 aromatic carbocycles. The summed E-state index contributed by atoms with van der Waals surface area (Å²) in [6.45, 7) is 0. The van der Waals surface area contributed by atoms with Gasteiger partial charge in [0.2, 0.25) is 0 Å². The van der Waals surface area contributed by atoms with Crippen molar-refractivity contribution >= 4 is 0 Å². The minimum atomic E-state index is -0.301. The van der Waals surface area contributed by atoms with Gasteiger partial charge in [-0.1, -0.05) is 18.2 Å². The number of nitrogens with one attached hydrogen (secondary N) is 2. The lowest BCUT2D eigenvalue weighted by Gasteiger charge is -2.05. The van der Waals surface area contributed by atoms with Crippen molar-refractivity contribution < 1.29 is 4.74 Å². The van der Waals surface area contributed by atoms with E-state index in [-0.39, 0.29) is 11.8 Å². The maximum absolute atomic E-state index is 10.9. The van der Waals surface area contributed by atoms with Crippen molar-refractivity contribution in [3.05, 3.63) is 46.1 Å². The van der Waals surface area contributed by atoms with E-state index in [1.54, 1.807) is 0 Å². The first-order valence-electron chi connectivity index (χ1n) is 4.72. The van der Waals surface area contributed by atoms with E-state index >= 15 is 0 Å². The molecule has 0 spiro atoms. The molecule has 0 bridgehead atoms. The molecule has 3 rings (SSSR count). The van der Waals surface area contributed by atoms with Crippen molar-refractivity contribution in [1.29, 1.82) is 0 Å². The molecule has 0 fully saturated rings. The SMILES string of the molecule is O=c1[nH]nc(C2Cc3ccccc3O2)[nH]1. The lowest BCUT2D eigenvalue weighted by molar-refractivity contribution is 0.228. The van der Waals surface area contributed by atoms with Crippen LogP contribution in [0.3, 0.4) is 0 Å². The minimum absolute atomic E-state index is 0.179. The van der Waals surface area contributed by atoms with E-state index in [9.17, 15) is 4.79 Å². The number of rotatable bonds is 1. The zero-order valence-electron chi connectivity index (χ0n) is 7.86. The Hall–Kier alpha value is -2.04. The average Bonchev–Trinajstić information content (AvgIpc) is 2.82. The highest BCUT2D eigenvalue weighted by Crippen LogP contribution is 2.34. The Kier molecular flexibility index (Phi) is 1.65. The van der Waals surface area contributed by atoms with Crippen molar-refractivity contribution in [3.8, 4) is 5.75 Å². The molecule has 76 valence electrons. The van der Waals surface area contributed by atoms with Gasteiger partial charge in [-0.2, -0.15) is 5.10 Å². The molecular weight excluding hydrogens is 194 g/mol. The van der Waals surface area contributed by atoms with Gasteiger partial charge in [0.25, 0.3) is 0 Å². The molecule has 0 amide bonds. The summed E-state index contributed by atoms with van der Waals surface area (Å²) in [6, 6.07) is 7.83. The number of H-pyrrole nitrogens is 2. The summed E-state index contributed by atoms with van der Waals surface area (Å²) in [4.78, 5) is 13.5. The van der Waals surface area contributed by atoms with Crippen molar-refractivity contribution in [2.24, 2.45) is 0 Å². The summed E-state index contributed by atoms with van der Waals surface area (Å²) in [5.41, 5.74) is 0.843. The van der Waals surface area contributed by atoms with E-state index in [0.29, 0.717) is 5.82 Å². The number of nitrogens with zero attached hydrogens (tertiary/aromatic N) is 1. The summed E-state index contributed by atoms with van der Waals surface area (Å²) in [6.07, 6.45) is 0.568. The standard InChI is InChI=1S/C10H9N3O2/c14-10-11-9(12-13-10)8-5-6-3-1-2-4-7(6)15-8/h1-4,8H,5H2,(H2,11,12,13,14). The fourth-order valence-corrected chi connectivity index (χ4v) is 1.77. The molecule has 1 aromatic heterocycles. The van der Waals surface area contributed by atoms with Gasteiger partial charge in [0.15, 0.2) is 11.9 Å². The Bertz CT molecular complexity index is 518. The Morgan fingerprint density at radius 2 is 2.27 bits per heavy atom. The molecule has 2 aromatic rings. The fourth-order valence-electron chi connectivity index (χ4n) is 1.77. The number of ether oxygens (including phenoxy) is 1. The number of aromatic amines is 2. The van der Waals surface area contributed by atoms with Crippen molar-refractivity contribution in [1.82, 2.24) is 15.2 Å². The number of hydrogen-bond donors (Lipinski definition) is 2. The average molecular weight is 203 g/mol. The first-order valence-corrected chi connectivity index (χ1v) is 4.72. The Labute approximate surface area is 85.1 Å². The van der Waals surface area contributed by atoms with Crippen molar-refractivity contribution in [3.63, 3.8) is 0 Å². The summed E-state index contributed by atoms with van der Waals surface area (Å²) >= 11 is 0. The molecule has 0 radical (unpaired) electrons. The minimum Gasteiger partial charge on any atom is -0.482 e. The van der Waals surface area contributed by atoms with Crippen LogP contribution in [0.4, 0.5) is 0 Å². The molecule has 1 aliphatic rings. The van der Waals surface area contributed by atoms with Crippen LogP contribution in [0.1, 0.15) is 17.5 Å². The molecule has 15 heavy (non-hydrogen) atoms.